The van der Waals surface area contributed by atoms with Crippen LogP contribution in [-0.4, -0.2) is 72.0 Å². The van der Waals surface area contributed by atoms with Gasteiger partial charge in [0.15, 0.2) is 0 Å². The fourth-order valence-corrected chi connectivity index (χ4v) is 6.50. The van der Waals surface area contributed by atoms with Crippen molar-refractivity contribution in [3.05, 3.63) is 17.5 Å². The molecule has 4 aliphatic rings. The number of piperidine rings is 2. The van der Waals surface area contributed by atoms with Gasteiger partial charge in [0, 0.05) is 50.8 Å². The van der Waals surface area contributed by atoms with E-state index in [-0.39, 0.29) is 11.3 Å². The topological polar surface area (TPSA) is 52.6 Å². The van der Waals surface area contributed by atoms with Crippen LogP contribution in [0, 0.1) is 5.92 Å². The summed E-state index contributed by atoms with van der Waals surface area (Å²) in [6.45, 7) is 4.00. The Morgan fingerprint density at radius 2 is 1.83 bits per heavy atom. The number of nitrogens with zero attached hydrogens (tertiary/aromatic N) is 5. The zero-order valence-electron chi connectivity index (χ0n) is 18.8. The number of hydrogen-bond donors (Lipinski definition) is 0. The maximum Gasteiger partial charge on any atom is 0.225 e. The molecule has 1 amide bonds. The van der Waals surface area contributed by atoms with Gasteiger partial charge in [0.25, 0.3) is 0 Å². The van der Waals surface area contributed by atoms with E-state index in [1.54, 1.807) is 0 Å². The summed E-state index contributed by atoms with van der Waals surface area (Å²) >= 11 is 0. The molecular weight excluding hydrogens is 374 g/mol. The van der Waals surface area contributed by atoms with Gasteiger partial charge in [-0.1, -0.05) is 12.8 Å². The number of likely N-dealkylation sites (tertiary alicyclic amines) is 2. The highest BCUT2D eigenvalue weighted by molar-refractivity contribution is 5.79. The van der Waals surface area contributed by atoms with Crippen LogP contribution in [0.3, 0.4) is 0 Å². The Morgan fingerprint density at radius 3 is 2.57 bits per heavy atom. The summed E-state index contributed by atoms with van der Waals surface area (Å²) in [7, 11) is 4.00. The fourth-order valence-electron chi connectivity index (χ4n) is 6.50. The molecular formula is C24H37N5O. The van der Waals surface area contributed by atoms with E-state index in [0.29, 0.717) is 5.91 Å². The van der Waals surface area contributed by atoms with Crippen molar-refractivity contribution < 1.29 is 4.79 Å². The van der Waals surface area contributed by atoms with Crippen LogP contribution in [0.1, 0.15) is 69.0 Å². The molecule has 1 atom stereocenters. The minimum absolute atomic E-state index is 0.0431. The Hall–Kier alpha value is -1.69. The van der Waals surface area contributed by atoms with E-state index in [9.17, 15) is 4.79 Å². The second-order valence-electron chi connectivity index (χ2n) is 10.3. The Morgan fingerprint density at radius 1 is 1.07 bits per heavy atom. The standard InChI is InChI=1S/C24H37N5O/c1-27(2)23-25-16-19-8-12-24(21(19)26-23)11-5-13-29(17-24)22(30)18-9-14-28(15-10-18)20-6-3-4-7-20/h16,18,20H,3-15,17H2,1-2H3. The molecule has 5 rings (SSSR count). The van der Waals surface area contributed by atoms with Gasteiger partial charge in [-0.05, 0) is 70.0 Å². The Balaban J connectivity index is 1.26. The van der Waals surface area contributed by atoms with Crippen LogP contribution in [0.2, 0.25) is 0 Å². The minimum atomic E-state index is 0.0431. The molecule has 2 saturated heterocycles. The van der Waals surface area contributed by atoms with E-state index in [0.717, 1.165) is 76.7 Å². The van der Waals surface area contributed by atoms with Gasteiger partial charge in [-0.3, -0.25) is 4.79 Å². The number of anilines is 1. The second kappa shape index (κ2) is 8.10. The molecule has 1 aromatic heterocycles. The number of rotatable bonds is 3. The lowest BCUT2D eigenvalue weighted by molar-refractivity contribution is -0.139. The summed E-state index contributed by atoms with van der Waals surface area (Å²) in [6.07, 6.45) is 14.0. The number of fused-ring (bicyclic) bond motifs is 2. The molecule has 2 aliphatic heterocycles. The van der Waals surface area contributed by atoms with Crippen LogP contribution in [0.4, 0.5) is 5.95 Å². The molecule has 6 heteroatoms. The van der Waals surface area contributed by atoms with Gasteiger partial charge in [0.1, 0.15) is 0 Å². The quantitative estimate of drug-likeness (QED) is 0.765. The largest absolute Gasteiger partial charge is 0.347 e. The van der Waals surface area contributed by atoms with Crippen molar-refractivity contribution in [1.29, 1.82) is 0 Å². The molecule has 1 unspecified atom stereocenters. The first-order valence-electron chi connectivity index (χ1n) is 12.1. The predicted molar refractivity (Wildman–Crippen MR) is 119 cm³/mol. The zero-order chi connectivity index (χ0) is 20.7. The summed E-state index contributed by atoms with van der Waals surface area (Å²) in [5, 5.41) is 0. The average molecular weight is 412 g/mol. The maximum absolute atomic E-state index is 13.5. The van der Waals surface area contributed by atoms with Crippen molar-refractivity contribution >= 4 is 11.9 Å². The highest BCUT2D eigenvalue weighted by Gasteiger charge is 2.45. The molecule has 0 radical (unpaired) electrons. The normalized spacial score (nSPS) is 28.3. The van der Waals surface area contributed by atoms with Crippen molar-refractivity contribution in [3.63, 3.8) is 0 Å². The Labute approximate surface area is 181 Å². The molecule has 30 heavy (non-hydrogen) atoms. The van der Waals surface area contributed by atoms with Gasteiger partial charge in [-0.15, -0.1) is 0 Å². The van der Waals surface area contributed by atoms with E-state index < -0.39 is 0 Å². The number of carbonyl (C=O) groups is 1. The summed E-state index contributed by atoms with van der Waals surface area (Å²) in [5.74, 6) is 1.43. The predicted octanol–water partition coefficient (Wildman–Crippen LogP) is 3.00. The van der Waals surface area contributed by atoms with Crippen LogP contribution in [0.15, 0.2) is 6.20 Å². The average Bonchev–Trinajstić information content (AvgIpc) is 3.43. The lowest BCUT2D eigenvalue weighted by Crippen LogP contribution is -2.51. The van der Waals surface area contributed by atoms with Crippen LogP contribution in [0.25, 0.3) is 0 Å². The third kappa shape index (κ3) is 3.61. The smallest absolute Gasteiger partial charge is 0.225 e. The third-order valence-electron chi connectivity index (χ3n) is 8.24. The van der Waals surface area contributed by atoms with Crippen LogP contribution in [0.5, 0.6) is 0 Å². The summed E-state index contributed by atoms with van der Waals surface area (Å²) in [4.78, 5) is 29.8. The second-order valence-corrected chi connectivity index (χ2v) is 10.3. The SMILES string of the molecule is CN(C)c1ncc2c(n1)C1(CCCN(C(=O)C3CCN(C4CCCC4)CC3)C1)CC2. The molecule has 0 aromatic carbocycles. The Bertz CT molecular complexity index is 778. The molecule has 3 heterocycles. The van der Waals surface area contributed by atoms with Crippen molar-refractivity contribution in [3.8, 4) is 0 Å². The number of carbonyl (C=O) groups excluding carboxylic acids is 1. The van der Waals surface area contributed by atoms with E-state index in [1.807, 2.05) is 25.2 Å². The first kappa shape index (κ1) is 20.2. The summed E-state index contributed by atoms with van der Waals surface area (Å²) in [6, 6.07) is 0.792. The molecule has 1 aromatic rings. The van der Waals surface area contributed by atoms with Crippen LogP contribution in [-0.2, 0) is 16.6 Å². The first-order valence-corrected chi connectivity index (χ1v) is 12.1. The molecule has 1 saturated carbocycles. The van der Waals surface area contributed by atoms with Crippen LogP contribution < -0.4 is 4.90 Å². The molecule has 2 aliphatic carbocycles. The maximum atomic E-state index is 13.5. The van der Waals surface area contributed by atoms with Gasteiger partial charge >= 0.3 is 0 Å². The highest BCUT2D eigenvalue weighted by Crippen LogP contribution is 2.44. The summed E-state index contributed by atoms with van der Waals surface area (Å²) in [5.41, 5.74) is 2.55. The molecule has 1 spiro atoms. The van der Waals surface area contributed by atoms with Crippen molar-refractivity contribution in [1.82, 2.24) is 19.8 Å². The Kier molecular flexibility index (Phi) is 5.46. The number of amides is 1. The van der Waals surface area contributed by atoms with Crippen molar-refractivity contribution in [2.75, 3.05) is 45.2 Å². The zero-order valence-corrected chi connectivity index (χ0v) is 18.8. The van der Waals surface area contributed by atoms with Gasteiger partial charge < -0.3 is 14.7 Å². The molecule has 6 nitrogen and oxygen atoms in total. The number of hydrogen-bond acceptors (Lipinski definition) is 5. The van der Waals surface area contributed by atoms with Gasteiger partial charge in [-0.25, -0.2) is 9.97 Å². The fraction of sp³-hybridized carbons (Fsp3) is 0.792. The van der Waals surface area contributed by atoms with E-state index in [2.05, 4.69) is 14.8 Å². The van der Waals surface area contributed by atoms with E-state index >= 15 is 0 Å². The molecule has 3 fully saturated rings. The summed E-state index contributed by atoms with van der Waals surface area (Å²) < 4.78 is 0. The molecule has 0 N–H and O–H groups in total. The lowest BCUT2D eigenvalue weighted by atomic mass is 9.77. The monoisotopic (exact) mass is 411 g/mol. The van der Waals surface area contributed by atoms with E-state index in [4.69, 9.17) is 4.98 Å². The number of aryl methyl sites for hydroxylation is 1. The first-order chi connectivity index (χ1) is 14.6. The number of aromatic nitrogens is 2. The lowest BCUT2D eigenvalue weighted by Gasteiger charge is -2.43. The minimum Gasteiger partial charge on any atom is -0.347 e. The molecule has 0 bridgehead atoms. The third-order valence-corrected chi connectivity index (χ3v) is 8.24. The highest BCUT2D eigenvalue weighted by atomic mass is 16.2. The van der Waals surface area contributed by atoms with Gasteiger partial charge in [-0.2, -0.15) is 0 Å². The molecule has 164 valence electrons. The van der Waals surface area contributed by atoms with Crippen molar-refractivity contribution in [2.24, 2.45) is 5.92 Å². The van der Waals surface area contributed by atoms with Crippen molar-refractivity contribution in [2.45, 2.75) is 75.7 Å². The van der Waals surface area contributed by atoms with Crippen LogP contribution >= 0.6 is 0 Å². The van der Waals surface area contributed by atoms with E-state index in [1.165, 1.54) is 36.9 Å². The van der Waals surface area contributed by atoms with Gasteiger partial charge in [0.2, 0.25) is 11.9 Å². The van der Waals surface area contributed by atoms with Gasteiger partial charge in [0.05, 0.1) is 5.69 Å².